The lowest BCUT2D eigenvalue weighted by atomic mass is 10.1. The van der Waals surface area contributed by atoms with Crippen LogP contribution in [0.4, 0.5) is 0 Å². The number of rotatable bonds is 0. The first kappa shape index (κ1) is 5.46. The Balaban J connectivity index is 2.43. The zero-order valence-corrected chi connectivity index (χ0v) is 5.52. The number of fused-ring (bicyclic) bond motifs is 1. The van der Waals surface area contributed by atoms with E-state index in [1.807, 2.05) is 13.0 Å². The largest absolute Gasteiger partial charge is 0.237 e. The predicted molar refractivity (Wildman–Crippen MR) is 38.3 cm³/mol. The van der Waals surface area contributed by atoms with Gasteiger partial charge in [-0.3, -0.25) is 0 Å². The van der Waals surface area contributed by atoms with E-state index in [-0.39, 0.29) is 6.04 Å². The highest BCUT2D eigenvalue weighted by Crippen LogP contribution is 2.17. The molecule has 0 spiro atoms. The van der Waals surface area contributed by atoms with Crippen LogP contribution in [0.15, 0.2) is 32.1 Å². The van der Waals surface area contributed by atoms with Crippen molar-refractivity contribution in [2.45, 2.75) is 13.0 Å². The SMILES string of the molecule is CC1=CC=NC2=NN=NC12. The molecule has 10 heavy (non-hydrogen) atoms. The highest BCUT2D eigenvalue weighted by molar-refractivity contribution is 6.01. The highest BCUT2D eigenvalue weighted by Gasteiger charge is 2.22. The molecule has 2 aliphatic heterocycles. The Morgan fingerprint density at radius 1 is 1.50 bits per heavy atom. The number of hydrogen-bond acceptors (Lipinski definition) is 4. The quantitative estimate of drug-likeness (QED) is 0.477. The van der Waals surface area contributed by atoms with E-state index in [2.05, 4.69) is 20.4 Å². The van der Waals surface area contributed by atoms with Gasteiger partial charge < -0.3 is 0 Å². The topological polar surface area (TPSA) is 49.4 Å². The normalized spacial score (nSPS) is 27.9. The van der Waals surface area contributed by atoms with Gasteiger partial charge in [0, 0.05) is 6.21 Å². The first-order chi connectivity index (χ1) is 4.88. The minimum atomic E-state index is 0.00463. The van der Waals surface area contributed by atoms with Crippen LogP contribution < -0.4 is 0 Å². The summed E-state index contributed by atoms with van der Waals surface area (Å²) in [4.78, 5) is 4.00. The molecule has 1 unspecified atom stereocenters. The van der Waals surface area contributed by atoms with Crippen LogP contribution in [0, 0.1) is 0 Å². The molecule has 0 saturated carbocycles. The van der Waals surface area contributed by atoms with Gasteiger partial charge in [-0.15, -0.1) is 5.10 Å². The summed E-state index contributed by atoms with van der Waals surface area (Å²) in [6, 6.07) is 0.00463. The lowest BCUT2D eigenvalue weighted by Crippen LogP contribution is -2.17. The fraction of sp³-hybridized carbons (Fsp3) is 0.333. The maximum Gasteiger partial charge on any atom is 0.183 e. The average Bonchev–Trinajstić information content (AvgIpc) is 2.36. The second-order valence-electron chi connectivity index (χ2n) is 2.25. The lowest BCUT2D eigenvalue weighted by Gasteiger charge is -2.07. The summed E-state index contributed by atoms with van der Waals surface area (Å²) in [6.45, 7) is 2.00. The van der Waals surface area contributed by atoms with Crippen molar-refractivity contribution < 1.29 is 0 Å². The summed E-state index contributed by atoms with van der Waals surface area (Å²) < 4.78 is 0. The van der Waals surface area contributed by atoms with Crippen LogP contribution in [-0.4, -0.2) is 18.1 Å². The highest BCUT2D eigenvalue weighted by atomic mass is 15.4. The second kappa shape index (κ2) is 1.83. The minimum Gasteiger partial charge on any atom is -0.237 e. The smallest absolute Gasteiger partial charge is 0.183 e. The number of hydrogen-bond donors (Lipinski definition) is 0. The van der Waals surface area contributed by atoms with E-state index in [1.165, 1.54) is 0 Å². The summed E-state index contributed by atoms with van der Waals surface area (Å²) in [5.41, 5.74) is 1.15. The zero-order chi connectivity index (χ0) is 6.97. The van der Waals surface area contributed by atoms with Crippen LogP contribution >= 0.6 is 0 Å². The number of allylic oxidation sites excluding steroid dienone is 1. The number of dihydropyridines is 1. The van der Waals surface area contributed by atoms with Gasteiger partial charge in [-0.1, -0.05) is 0 Å². The van der Waals surface area contributed by atoms with E-state index in [1.54, 1.807) is 6.21 Å². The van der Waals surface area contributed by atoms with E-state index in [0.717, 1.165) is 5.57 Å². The average molecular weight is 134 g/mol. The van der Waals surface area contributed by atoms with Crippen molar-refractivity contribution in [2.24, 2.45) is 20.4 Å². The Bertz CT molecular complexity index is 271. The molecular weight excluding hydrogens is 128 g/mol. The first-order valence-electron chi connectivity index (χ1n) is 3.06. The van der Waals surface area contributed by atoms with Crippen LogP contribution in [0.2, 0.25) is 0 Å². The molecule has 4 nitrogen and oxygen atoms in total. The third kappa shape index (κ3) is 0.618. The summed E-state index contributed by atoms with van der Waals surface area (Å²) >= 11 is 0. The van der Waals surface area contributed by atoms with Crippen molar-refractivity contribution in [1.82, 2.24) is 0 Å². The van der Waals surface area contributed by atoms with Crippen LogP contribution in [-0.2, 0) is 0 Å². The van der Waals surface area contributed by atoms with Gasteiger partial charge in [-0.05, 0) is 23.8 Å². The van der Waals surface area contributed by atoms with Gasteiger partial charge in [-0.25, -0.2) is 4.99 Å². The molecule has 50 valence electrons. The minimum absolute atomic E-state index is 0.00463. The van der Waals surface area contributed by atoms with Gasteiger partial charge in [0.2, 0.25) is 0 Å². The summed E-state index contributed by atoms with van der Waals surface area (Å²) in [5, 5.41) is 11.2. The maximum atomic E-state index is 4.00. The second-order valence-corrected chi connectivity index (χ2v) is 2.25. The Morgan fingerprint density at radius 3 is 3.20 bits per heavy atom. The molecule has 0 saturated heterocycles. The Labute approximate surface area is 58.1 Å². The molecule has 4 heteroatoms. The molecule has 0 amide bonds. The van der Waals surface area contributed by atoms with Gasteiger partial charge in [0.05, 0.1) is 0 Å². The molecule has 0 fully saturated rings. The third-order valence-electron chi connectivity index (χ3n) is 1.53. The van der Waals surface area contributed by atoms with E-state index >= 15 is 0 Å². The van der Waals surface area contributed by atoms with Crippen molar-refractivity contribution in [3.8, 4) is 0 Å². The van der Waals surface area contributed by atoms with E-state index in [4.69, 9.17) is 0 Å². The maximum absolute atomic E-state index is 4.00. The lowest BCUT2D eigenvalue weighted by molar-refractivity contribution is 0.924. The molecule has 0 aromatic heterocycles. The van der Waals surface area contributed by atoms with Crippen molar-refractivity contribution in [1.29, 1.82) is 0 Å². The van der Waals surface area contributed by atoms with Crippen molar-refractivity contribution >= 4 is 12.1 Å². The molecule has 0 bridgehead atoms. The van der Waals surface area contributed by atoms with Gasteiger partial charge >= 0.3 is 0 Å². The molecule has 0 aliphatic carbocycles. The van der Waals surface area contributed by atoms with Gasteiger partial charge in [0.1, 0.15) is 0 Å². The molecule has 2 aliphatic rings. The molecular formula is C6H6N4. The van der Waals surface area contributed by atoms with Crippen LogP contribution in [0.1, 0.15) is 6.92 Å². The van der Waals surface area contributed by atoms with Gasteiger partial charge in [0.25, 0.3) is 0 Å². The summed E-state index contributed by atoms with van der Waals surface area (Å²) in [5.74, 6) is 0.708. The number of aliphatic imine (C=N–C) groups is 1. The summed E-state index contributed by atoms with van der Waals surface area (Å²) in [7, 11) is 0. The van der Waals surface area contributed by atoms with Crippen LogP contribution in [0.5, 0.6) is 0 Å². The zero-order valence-electron chi connectivity index (χ0n) is 5.52. The van der Waals surface area contributed by atoms with Gasteiger partial charge in [0.15, 0.2) is 11.9 Å². The molecule has 0 aromatic carbocycles. The van der Waals surface area contributed by atoms with Crippen molar-refractivity contribution in [2.75, 3.05) is 0 Å². The Kier molecular flexibility index (Phi) is 1.00. The van der Waals surface area contributed by atoms with Crippen LogP contribution in [0.3, 0.4) is 0 Å². The Hall–Kier alpha value is -1.32. The first-order valence-corrected chi connectivity index (χ1v) is 3.06. The van der Waals surface area contributed by atoms with E-state index in [0.29, 0.717) is 5.84 Å². The third-order valence-corrected chi connectivity index (χ3v) is 1.53. The predicted octanol–water partition coefficient (Wildman–Crippen LogP) is 1.17. The fourth-order valence-electron chi connectivity index (χ4n) is 0.943. The van der Waals surface area contributed by atoms with Crippen molar-refractivity contribution in [3.05, 3.63) is 11.6 Å². The molecule has 0 radical (unpaired) electrons. The monoisotopic (exact) mass is 134 g/mol. The number of amidine groups is 1. The Morgan fingerprint density at radius 2 is 2.40 bits per heavy atom. The molecule has 2 heterocycles. The van der Waals surface area contributed by atoms with E-state index < -0.39 is 0 Å². The van der Waals surface area contributed by atoms with E-state index in [9.17, 15) is 0 Å². The standard InChI is InChI=1S/C6H6N4/c1-4-2-3-7-6-5(4)8-10-9-6/h2-3,5H,1H3. The summed E-state index contributed by atoms with van der Waals surface area (Å²) in [6.07, 6.45) is 3.65. The van der Waals surface area contributed by atoms with Gasteiger partial charge in [-0.2, -0.15) is 5.11 Å². The van der Waals surface area contributed by atoms with Crippen molar-refractivity contribution in [3.63, 3.8) is 0 Å². The molecule has 0 N–H and O–H groups in total. The fourth-order valence-corrected chi connectivity index (χ4v) is 0.943. The molecule has 1 atom stereocenters. The molecule has 2 rings (SSSR count). The van der Waals surface area contributed by atoms with Crippen LogP contribution in [0.25, 0.3) is 0 Å². The number of nitrogens with zero attached hydrogens (tertiary/aromatic N) is 4. The molecule has 0 aromatic rings.